The topological polar surface area (TPSA) is 134 Å². The van der Waals surface area contributed by atoms with Crippen molar-refractivity contribution in [2.45, 2.75) is 65.7 Å². The number of fused-ring (bicyclic) bond motifs is 1. The van der Waals surface area contributed by atoms with Crippen LogP contribution in [0.3, 0.4) is 0 Å². The molecule has 218 valence electrons. The van der Waals surface area contributed by atoms with Crippen molar-refractivity contribution in [1.29, 1.82) is 0 Å². The maximum absolute atomic E-state index is 12.9. The van der Waals surface area contributed by atoms with Crippen LogP contribution < -0.4 is 0 Å². The molecular weight excluding hydrogens is 536 g/mol. The standard InChI is InChI=1S/C31H34N6O5/c1-4-27-32-26-17-11-7-12-21(18-28(38)41-20(3)42-31(39)40-5-2)29(26)37(27)19-22-13-6-8-14-23(22)24-15-9-10-16-25(24)30-33-35-36-34-30/h6,8-10,13-16,18,20H,4-5,7,11-12,17,19H2,1-3H3,(H,33,34,35,36). The summed E-state index contributed by atoms with van der Waals surface area (Å²) >= 11 is 0. The molecule has 1 aliphatic carbocycles. The molecule has 1 aliphatic rings. The highest BCUT2D eigenvalue weighted by Gasteiger charge is 2.25. The largest absolute Gasteiger partial charge is 0.511 e. The van der Waals surface area contributed by atoms with Crippen molar-refractivity contribution >= 4 is 17.7 Å². The van der Waals surface area contributed by atoms with Crippen LogP contribution in [0.25, 0.3) is 28.1 Å². The summed E-state index contributed by atoms with van der Waals surface area (Å²) in [4.78, 5) is 29.6. The van der Waals surface area contributed by atoms with E-state index in [0.717, 1.165) is 70.7 Å². The van der Waals surface area contributed by atoms with Gasteiger partial charge in [-0.05, 0) is 60.1 Å². The van der Waals surface area contributed by atoms with Crippen molar-refractivity contribution in [2.24, 2.45) is 0 Å². The van der Waals surface area contributed by atoms with E-state index >= 15 is 0 Å². The van der Waals surface area contributed by atoms with Gasteiger partial charge in [-0.2, -0.15) is 5.21 Å². The Morgan fingerprint density at radius 1 is 1.00 bits per heavy atom. The molecule has 1 atom stereocenters. The fourth-order valence-corrected chi connectivity index (χ4v) is 5.33. The Balaban J connectivity index is 1.51. The zero-order chi connectivity index (χ0) is 29.5. The van der Waals surface area contributed by atoms with E-state index in [1.807, 2.05) is 30.3 Å². The Labute approximate surface area is 243 Å². The normalized spacial score (nSPS) is 14.6. The summed E-state index contributed by atoms with van der Waals surface area (Å²) in [7, 11) is 0. The zero-order valence-corrected chi connectivity index (χ0v) is 24.0. The number of nitrogens with zero attached hydrogens (tertiary/aromatic N) is 5. The minimum Gasteiger partial charge on any atom is -0.435 e. The van der Waals surface area contributed by atoms with Gasteiger partial charge in [0.15, 0.2) is 0 Å². The average molecular weight is 571 g/mol. The van der Waals surface area contributed by atoms with Gasteiger partial charge in [-0.15, -0.1) is 10.2 Å². The SMILES string of the molecule is CCOC(=O)OC(C)OC(=O)C=C1CCCCc2nc(CC)n(Cc3ccccc3-c3ccccc3-c3nn[nH]n3)c21. The third-order valence-corrected chi connectivity index (χ3v) is 7.10. The number of hydrogen-bond donors (Lipinski definition) is 1. The number of H-pyrrole nitrogens is 1. The number of carbonyl (C=O) groups excluding carboxylic acids is 2. The number of tetrazole rings is 1. The lowest BCUT2D eigenvalue weighted by Crippen LogP contribution is -2.21. The number of hydrogen-bond acceptors (Lipinski definition) is 9. The van der Waals surface area contributed by atoms with Crippen LogP contribution in [0.4, 0.5) is 4.79 Å². The fraction of sp³-hybridized carbons (Fsp3) is 0.355. The Kier molecular flexibility index (Phi) is 9.05. The highest BCUT2D eigenvalue weighted by molar-refractivity contribution is 5.91. The summed E-state index contributed by atoms with van der Waals surface area (Å²) in [6.07, 6.45) is 3.69. The number of carbonyl (C=O) groups is 2. The quantitative estimate of drug-likeness (QED) is 0.120. The molecule has 4 aromatic rings. The molecule has 1 unspecified atom stereocenters. The minimum atomic E-state index is -1.08. The maximum Gasteiger partial charge on any atom is 0.511 e. The Bertz CT molecular complexity index is 1580. The number of nitrogens with one attached hydrogen (secondary N) is 1. The van der Waals surface area contributed by atoms with Crippen LogP contribution in [0.5, 0.6) is 0 Å². The molecular formula is C31H34N6O5. The summed E-state index contributed by atoms with van der Waals surface area (Å²) in [6.45, 7) is 5.96. The monoisotopic (exact) mass is 570 g/mol. The van der Waals surface area contributed by atoms with Gasteiger partial charge < -0.3 is 18.8 Å². The first-order chi connectivity index (χ1) is 20.5. The van der Waals surface area contributed by atoms with Crippen LogP contribution in [0.15, 0.2) is 54.6 Å². The second-order valence-corrected chi connectivity index (χ2v) is 9.88. The van der Waals surface area contributed by atoms with Crippen molar-refractivity contribution in [1.82, 2.24) is 30.2 Å². The lowest BCUT2D eigenvalue weighted by molar-refractivity contribution is -0.161. The summed E-state index contributed by atoms with van der Waals surface area (Å²) in [5, 5.41) is 14.7. The van der Waals surface area contributed by atoms with Crippen LogP contribution in [0.2, 0.25) is 0 Å². The van der Waals surface area contributed by atoms with E-state index in [1.54, 1.807) is 6.92 Å². The number of rotatable bonds is 9. The van der Waals surface area contributed by atoms with E-state index in [-0.39, 0.29) is 6.61 Å². The molecule has 0 aliphatic heterocycles. The average Bonchev–Trinajstić information content (AvgIpc) is 3.59. The predicted octanol–water partition coefficient (Wildman–Crippen LogP) is 5.51. The van der Waals surface area contributed by atoms with Crippen LogP contribution in [0.1, 0.15) is 62.8 Å². The molecule has 0 bridgehead atoms. The first kappa shape index (κ1) is 28.7. The molecule has 5 rings (SSSR count). The van der Waals surface area contributed by atoms with Crippen LogP contribution in [0, 0.1) is 0 Å². The van der Waals surface area contributed by atoms with E-state index < -0.39 is 18.4 Å². The molecule has 2 heterocycles. The molecule has 42 heavy (non-hydrogen) atoms. The third-order valence-electron chi connectivity index (χ3n) is 7.10. The highest BCUT2D eigenvalue weighted by Crippen LogP contribution is 2.35. The third kappa shape index (κ3) is 6.40. The van der Waals surface area contributed by atoms with Gasteiger partial charge in [-0.25, -0.2) is 14.6 Å². The molecule has 0 saturated heterocycles. The van der Waals surface area contributed by atoms with E-state index in [9.17, 15) is 9.59 Å². The van der Waals surface area contributed by atoms with Gasteiger partial charge in [-0.3, -0.25) is 0 Å². The first-order valence-electron chi connectivity index (χ1n) is 14.2. The van der Waals surface area contributed by atoms with Gasteiger partial charge in [0.1, 0.15) is 5.82 Å². The lowest BCUT2D eigenvalue weighted by Gasteiger charge is -2.18. The number of esters is 1. The van der Waals surface area contributed by atoms with E-state index in [4.69, 9.17) is 19.2 Å². The Morgan fingerprint density at radius 2 is 1.74 bits per heavy atom. The summed E-state index contributed by atoms with van der Waals surface area (Å²) in [6, 6.07) is 16.2. The number of aromatic amines is 1. The predicted molar refractivity (Wildman–Crippen MR) is 155 cm³/mol. The van der Waals surface area contributed by atoms with Gasteiger partial charge in [0.2, 0.25) is 12.1 Å². The molecule has 2 aromatic heterocycles. The summed E-state index contributed by atoms with van der Waals surface area (Å²) < 4.78 is 17.3. The maximum atomic E-state index is 12.9. The van der Waals surface area contributed by atoms with Gasteiger partial charge >= 0.3 is 12.1 Å². The number of ether oxygens (including phenoxy) is 3. The van der Waals surface area contributed by atoms with Crippen LogP contribution in [-0.2, 0) is 38.4 Å². The van der Waals surface area contributed by atoms with Gasteiger partial charge in [-0.1, -0.05) is 55.5 Å². The van der Waals surface area contributed by atoms with Crippen LogP contribution >= 0.6 is 0 Å². The summed E-state index contributed by atoms with van der Waals surface area (Å²) in [5.74, 6) is 0.882. The van der Waals surface area contributed by atoms with E-state index in [2.05, 4.69) is 50.3 Å². The fourth-order valence-electron chi connectivity index (χ4n) is 5.33. The number of aryl methyl sites for hydroxylation is 2. The molecule has 0 amide bonds. The highest BCUT2D eigenvalue weighted by atomic mass is 16.8. The number of allylic oxidation sites excluding steroid dienone is 1. The van der Waals surface area contributed by atoms with Crippen molar-refractivity contribution < 1.29 is 23.8 Å². The molecule has 2 aromatic carbocycles. The van der Waals surface area contributed by atoms with Crippen molar-refractivity contribution in [3.63, 3.8) is 0 Å². The number of aromatic nitrogens is 6. The molecule has 0 saturated carbocycles. The number of benzene rings is 2. The molecule has 0 radical (unpaired) electrons. The molecule has 11 heteroatoms. The number of imidazole rings is 1. The Hall–Kier alpha value is -4.80. The van der Waals surface area contributed by atoms with Gasteiger partial charge in [0.25, 0.3) is 0 Å². The van der Waals surface area contributed by atoms with E-state index in [1.165, 1.54) is 13.0 Å². The minimum absolute atomic E-state index is 0.169. The van der Waals surface area contributed by atoms with Crippen LogP contribution in [-0.4, -0.2) is 55.2 Å². The first-order valence-corrected chi connectivity index (χ1v) is 14.2. The second-order valence-electron chi connectivity index (χ2n) is 9.88. The molecule has 1 N–H and O–H groups in total. The Morgan fingerprint density at radius 3 is 2.48 bits per heavy atom. The molecule has 0 fully saturated rings. The lowest BCUT2D eigenvalue weighted by atomic mass is 9.94. The van der Waals surface area contributed by atoms with Crippen molar-refractivity contribution in [3.8, 4) is 22.5 Å². The van der Waals surface area contributed by atoms with Crippen molar-refractivity contribution in [3.05, 3.63) is 77.4 Å². The molecule has 11 nitrogen and oxygen atoms in total. The van der Waals surface area contributed by atoms with Gasteiger partial charge in [0, 0.05) is 31.5 Å². The second kappa shape index (κ2) is 13.2. The van der Waals surface area contributed by atoms with E-state index in [0.29, 0.717) is 18.8 Å². The molecule has 0 spiro atoms. The smallest absolute Gasteiger partial charge is 0.435 e. The summed E-state index contributed by atoms with van der Waals surface area (Å²) in [5.41, 5.74) is 6.78. The zero-order valence-electron chi connectivity index (χ0n) is 24.0. The van der Waals surface area contributed by atoms with Crippen molar-refractivity contribution in [2.75, 3.05) is 6.61 Å². The van der Waals surface area contributed by atoms with Gasteiger partial charge in [0.05, 0.1) is 18.0 Å².